The number of amides is 1. The molecule has 1 fully saturated rings. The minimum atomic E-state index is -0.166. The summed E-state index contributed by atoms with van der Waals surface area (Å²) in [7, 11) is 0. The van der Waals surface area contributed by atoms with Gasteiger partial charge in [0.15, 0.2) is 5.13 Å². The lowest BCUT2D eigenvalue weighted by molar-refractivity contribution is -0.129. The van der Waals surface area contributed by atoms with Crippen LogP contribution in [0.3, 0.4) is 0 Å². The molecule has 21 heavy (non-hydrogen) atoms. The van der Waals surface area contributed by atoms with E-state index in [1.165, 1.54) is 11.3 Å². The third kappa shape index (κ3) is 3.31. The molecule has 5 heteroatoms. The van der Waals surface area contributed by atoms with Crippen molar-refractivity contribution in [2.45, 2.75) is 25.9 Å². The molecule has 1 aromatic heterocycles. The fourth-order valence-electron chi connectivity index (χ4n) is 2.63. The van der Waals surface area contributed by atoms with Crippen molar-refractivity contribution in [1.82, 2.24) is 4.98 Å². The Bertz CT molecular complexity index is 612. The SMILES string of the molecule is Cc1cnc(NC(=O)[C@@H]2CCCO[C@H]2c2ccccc2)s1. The van der Waals surface area contributed by atoms with E-state index in [1.807, 2.05) is 37.3 Å². The number of hydrogen-bond acceptors (Lipinski definition) is 4. The molecule has 1 aliphatic rings. The number of thiazole rings is 1. The van der Waals surface area contributed by atoms with Crippen LogP contribution in [-0.2, 0) is 9.53 Å². The van der Waals surface area contributed by atoms with Gasteiger partial charge in [-0.05, 0) is 25.3 Å². The van der Waals surface area contributed by atoms with Gasteiger partial charge in [-0.25, -0.2) is 4.98 Å². The number of carbonyl (C=O) groups is 1. The summed E-state index contributed by atoms with van der Waals surface area (Å²) < 4.78 is 5.86. The average molecular weight is 302 g/mol. The number of nitrogens with one attached hydrogen (secondary N) is 1. The molecule has 1 amide bonds. The van der Waals surface area contributed by atoms with Gasteiger partial charge in [-0.2, -0.15) is 0 Å². The van der Waals surface area contributed by atoms with Gasteiger partial charge in [-0.15, -0.1) is 11.3 Å². The summed E-state index contributed by atoms with van der Waals surface area (Å²) in [5, 5.41) is 3.58. The summed E-state index contributed by atoms with van der Waals surface area (Å²) in [4.78, 5) is 17.8. The Hall–Kier alpha value is -1.72. The van der Waals surface area contributed by atoms with Crippen LogP contribution in [0.2, 0.25) is 0 Å². The van der Waals surface area contributed by atoms with Gasteiger partial charge in [0.05, 0.1) is 12.0 Å². The quantitative estimate of drug-likeness (QED) is 0.943. The molecule has 3 rings (SSSR count). The first-order valence-corrected chi connectivity index (χ1v) is 7.95. The van der Waals surface area contributed by atoms with Crippen molar-refractivity contribution in [3.63, 3.8) is 0 Å². The first-order chi connectivity index (χ1) is 10.2. The normalized spacial score (nSPS) is 22.0. The van der Waals surface area contributed by atoms with Gasteiger partial charge in [0.2, 0.25) is 5.91 Å². The summed E-state index contributed by atoms with van der Waals surface area (Å²) in [6.07, 6.45) is 3.36. The first kappa shape index (κ1) is 14.2. The second kappa shape index (κ2) is 6.37. The average Bonchev–Trinajstić information content (AvgIpc) is 2.93. The van der Waals surface area contributed by atoms with Crippen LogP contribution >= 0.6 is 11.3 Å². The number of anilines is 1. The van der Waals surface area contributed by atoms with E-state index in [-0.39, 0.29) is 17.9 Å². The van der Waals surface area contributed by atoms with E-state index < -0.39 is 0 Å². The number of rotatable bonds is 3. The molecule has 1 saturated heterocycles. The topological polar surface area (TPSA) is 51.2 Å². The Kier molecular flexibility index (Phi) is 4.31. The Morgan fingerprint density at radius 1 is 1.38 bits per heavy atom. The maximum Gasteiger partial charge on any atom is 0.232 e. The Morgan fingerprint density at radius 2 is 2.19 bits per heavy atom. The maximum absolute atomic E-state index is 12.5. The Morgan fingerprint density at radius 3 is 2.90 bits per heavy atom. The van der Waals surface area contributed by atoms with Gasteiger partial charge in [-0.1, -0.05) is 30.3 Å². The van der Waals surface area contributed by atoms with Crippen LogP contribution in [0.15, 0.2) is 36.5 Å². The van der Waals surface area contributed by atoms with E-state index in [9.17, 15) is 4.79 Å². The Labute approximate surface area is 128 Å². The molecule has 2 aromatic rings. The number of aryl methyl sites for hydroxylation is 1. The van der Waals surface area contributed by atoms with Gasteiger partial charge in [0.25, 0.3) is 0 Å². The number of nitrogens with zero attached hydrogens (tertiary/aromatic N) is 1. The van der Waals surface area contributed by atoms with Crippen molar-refractivity contribution in [2.75, 3.05) is 11.9 Å². The van der Waals surface area contributed by atoms with Crippen molar-refractivity contribution in [3.05, 3.63) is 47.0 Å². The lowest BCUT2D eigenvalue weighted by Crippen LogP contribution is -2.33. The molecule has 0 aliphatic carbocycles. The van der Waals surface area contributed by atoms with Crippen LogP contribution in [0, 0.1) is 12.8 Å². The number of carbonyl (C=O) groups excluding carboxylic acids is 1. The van der Waals surface area contributed by atoms with Crippen LogP contribution < -0.4 is 5.32 Å². The van der Waals surface area contributed by atoms with Crippen LogP contribution in [0.4, 0.5) is 5.13 Å². The second-order valence-electron chi connectivity index (χ2n) is 5.22. The molecule has 2 heterocycles. The largest absolute Gasteiger partial charge is 0.373 e. The van der Waals surface area contributed by atoms with Crippen molar-refractivity contribution in [1.29, 1.82) is 0 Å². The highest BCUT2D eigenvalue weighted by Gasteiger charge is 2.33. The number of benzene rings is 1. The zero-order valence-electron chi connectivity index (χ0n) is 11.9. The van der Waals surface area contributed by atoms with E-state index >= 15 is 0 Å². The van der Waals surface area contributed by atoms with Gasteiger partial charge < -0.3 is 10.1 Å². The molecule has 4 nitrogen and oxygen atoms in total. The molecular weight excluding hydrogens is 284 g/mol. The molecule has 1 N–H and O–H groups in total. The molecule has 1 aromatic carbocycles. The molecule has 0 spiro atoms. The van der Waals surface area contributed by atoms with Crippen LogP contribution in [0.1, 0.15) is 29.4 Å². The van der Waals surface area contributed by atoms with Crippen molar-refractivity contribution < 1.29 is 9.53 Å². The summed E-state index contributed by atoms with van der Waals surface area (Å²) in [5.41, 5.74) is 1.06. The number of hydrogen-bond donors (Lipinski definition) is 1. The van der Waals surface area contributed by atoms with Crippen molar-refractivity contribution >= 4 is 22.4 Å². The highest BCUT2D eigenvalue weighted by atomic mass is 32.1. The van der Waals surface area contributed by atoms with E-state index in [0.717, 1.165) is 23.3 Å². The van der Waals surface area contributed by atoms with E-state index in [4.69, 9.17) is 4.74 Å². The van der Waals surface area contributed by atoms with Gasteiger partial charge in [0, 0.05) is 17.7 Å². The second-order valence-corrected chi connectivity index (χ2v) is 6.45. The lowest BCUT2D eigenvalue weighted by Gasteiger charge is -2.30. The van der Waals surface area contributed by atoms with E-state index in [0.29, 0.717) is 11.7 Å². The number of ether oxygens (including phenoxy) is 1. The fraction of sp³-hybridized carbons (Fsp3) is 0.375. The molecular formula is C16H18N2O2S. The highest BCUT2D eigenvalue weighted by Crippen LogP contribution is 2.34. The summed E-state index contributed by atoms with van der Waals surface area (Å²) in [6, 6.07) is 9.96. The first-order valence-electron chi connectivity index (χ1n) is 7.14. The Balaban J connectivity index is 1.76. The minimum absolute atomic E-state index is 0.00194. The van der Waals surface area contributed by atoms with Gasteiger partial charge in [-0.3, -0.25) is 4.79 Å². The fourth-order valence-corrected chi connectivity index (χ4v) is 3.30. The van der Waals surface area contributed by atoms with E-state index in [2.05, 4.69) is 10.3 Å². The molecule has 2 atom stereocenters. The lowest BCUT2D eigenvalue weighted by atomic mass is 9.89. The van der Waals surface area contributed by atoms with Crippen LogP contribution in [-0.4, -0.2) is 17.5 Å². The van der Waals surface area contributed by atoms with Crippen molar-refractivity contribution in [3.8, 4) is 0 Å². The maximum atomic E-state index is 12.5. The number of aromatic nitrogens is 1. The minimum Gasteiger partial charge on any atom is -0.373 e. The van der Waals surface area contributed by atoms with Crippen molar-refractivity contribution in [2.24, 2.45) is 5.92 Å². The zero-order valence-corrected chi connectivity index (χ0v) is 12.7. The van der Waals surface area contributed by atoms with Gasteiger partial charge in [0.1, 0.15) is 0 Å². The summed E-state index contributed by atoms with van der Waals surface area (Å²) in [5.74, 6) is -0.164. The third-order valence-corrected chi connectivity index (χ3v) is 4.47. The summed E-state index contributed by atoms with van der Waals surface area (Å²) in [6.45, 7) is 2.68. The standard InChI is InChI=1S/C16H18N2O2S/c1-11-10-17-16(21-11)18-15(19)13-8-5-9-20-14(13)12-6-3-2-4-7-12/h2-4,6-7,10,13-14H,5,8-9H2,1H3,(H,17,18,19)/t13-,14+/m1/s1. The van der Waals surface area contributed by atoms with E-state index in [1.54, 1.807) is 6.20 Å². The third-order valence-electron chi connectivity index (χ3n) is 3.64. The van der Waals surface area contributed by atoms with Gasteiger partial charge >= 0.3 is 0 Å². The molecule has 0 bridgehead atoms. The van der Waals surface area contributed by atoms with Crippen LogP contribution in [0.25, 0.3) is 0 Å². The van der Waals surface area contributed by atoms with Crippen LogP contribution in [0.5, 0.6) is 0 Å². The molecule has 0 unspecified atom stereocenters. The zero-order chi connectivity index (χ0) is 14.7. The smallest absolute Gasteiger partial charge is 0.232 e. The molecule has 0 saturated carbocycles. The molecule has 0 radical (unpaired) electrons. The monoisotopic (exact) mass is 302 g/mol. The predicted octanol–water partition coefficient (Wildman–Crippen LogP) is 3.56. The molecule has 1 aliphatic heterocycles. The highest BCUT2D eigenvalue weighted by molar-refractivity contribution is 7.15. The summed E-state index contributed by atoms with van der Waals surface area (Å²) >= 11 is 1.49. The predicted molar refractivity (Wildman–Crippen MR) is 83.3 cm³/mol. The molecule has 110 valence electrons.